The molecule has 5 heteroatoms. The van der Waals surface area contributed by atoms with Gasteiger partial charge in [-0.05, 0) is 34.1 Å². The van der Waals surface area contributed by atoms with Gasteiger partial charge in [-0.15, -0.1) is 4.91 Å². The van der Waals surface area contributed by atoms with Crippen LogP contribution in [0.4, 0.5) is 11.4 Å². The van der Waals surface area contributed by atoms with Crippen LogP contribution >= 0.6 is 15.9 Å². The van der Waals surface area contributed by atoms with Crippen LogP contribution in [0.1, 0.15) is 6.92 Å². The first-order valence-corrected chi connectivity index (χ1v) is 4.97. The van der Waals surface area contributed by atoms with E-state index in [0.29, 0.717) is 17.1 Å². The third-order valence-electron chi connectivity index (χ3n) is 1.73. The molecule has 4 nitrogen and oxygen atoms in total. The second-order valence-electron chi connectivity index (χ2n) is 2.62. The second-order valence-corrected chi connectivity index (χ2v) is 3.48. The summed E-state index contributed by atoms with van der Waals surface area (Å²) >= 11 is 3.34. The summed E-state index contributed by atoms with van der Waals surface area (Å²) in [4.78, 5) is 10.6. The van der Waals surface area contributed by atoms with E-state index in [1.165, 1.54) is 0 Å². The summed E-state index contributed by atoms with van der Waals surface area (Å²) in [6.07, 6.45) is 0. The van der Waals surface area contributed by atoms with E-state index in [1.807, 2.05) is 6.92 Å². The number of hydrogen-bond acceptors (Lipinski definition) is 4. The fraction of sp³-hybridized carbons (Fsp3) is 0.333. The van der Waals surface area contributed by atoms with Gasteiger partial charge in [0.25, 0.3) is 0 Å². The number of methoxy groups -OCH3 is 1. The average molecular weight is 259 g/mol. The summed E-state index contributed by atoms with van der Waals surface area (Å²) in [5.74, 6) is 0.605. The summed E-state index contributed by atoms with van der Waals surface area (Å²) in [6.45, 7) is 2.68. The third kappa shape index (κ3) is 2.23. The quantitative estimate of drug-likeness (QED) is 0.844. The molecule has 76 valence electrons. The number of rotatable bonds is 4. The molecule has 1 aromatic carbocycles. The zero-order valence-corrected chi connectivity index (χ0v) is 9.59. The zero-order valence-electron chi connectivity index (χ0n) is 8.00. The van der Waals surface area contributed by atoms with E-state index < -0.39 is 0 Å². The van der Waals surface area contributed by atoms with E-state index in [2.05, 4.69) is 26.4 Å². The van der Waals surface area contributed by atoms with Crippen molar-refractivity contribution in [2.24, 2.45) is 5.18 Å². The molecule has 0 heterocycles. The first kappa shape index (κ1) is 11.0. The number of hydrogen-bond donors (Lipinski definition) is 1. The SMILES string of the molecule is CCNc1c(Br)cc(OC)cc1N=O. The lowest BCUT2D eigenvalue weighted by Crippen LogP contribution is -1.98. The van der Waals surface area contributed by atoms with Gasteiger partial charge in [0.1, 0.15) is 11.4 Å². The van der Waals surface area contributed by atoms with Crippen LogP contribution in [0.25, 0.3) is 0 Å². The van der Waals surface area contributed by atoms with Gasteiger partial charge in [0, 0.05) is 17.1 Å². The zero-order chi connectivity index (χ0) is 10.6. The van der Waals surface area contributed by atoms with Gasteiger partial charge < -0.3 is 10.1 Å². The molecular weight excluding hydrogens is 248 g/mol. The molecule has 14 heavy (non-hydrogen) atoms. The highest BCUT2D eigenvalue weighted by atomic mass is 79.9. The summed E-state index contributed by atoms with van der Waals surface area (Å²) in [5.41, 5.74) is 1.04. The van der Waals surface area contributed by atoms with Crippen molar-refractivity contribution in [2.75, 3.05) is 19.0 Å². The van der Waals surface area contributed by atoms with Gasteiger partial charge in [-0.25, -0.2) is 0 Å². The van der Waals surface area contributed by atoms with E-state index in [4.69, 9.17) is 4.74 Å². The van der Waals surface area contributed by atoms with E-state index in [-0.39, 0.29) is 0 Å². The molecule has 0 saturated heterocycles. The monoisotopic (exact) mass is 258 g/mol. The highest BCUT2D eigenvalue weighted by molar-refractivity contribution is 9.10. The molecule has 0 atom stereocenters. The molecule has 0 aliphatic carbocycles. The molecule has 1 rings (SSSR count). The number of nitroso groups, excluding NO2 is 1. The Morgan fingerprint density at radius 3 is 2.79 bits per heavy atom. The van der Waals surface area contributed by atoms with Crippen LogP contribution in [0.5, 0.6) is 5.75 Å². The molecule has 0 bridgehead atoms. The molecule has 0 spiro atoms. The smallest absolute Gasteiger partial charge is 0.135 e. The number of anilines is 1. The summed E-state index contributed by atoms with van der Waals surface area (Å²) in [7, 11) is 1.54. The normalized spacial score (nSPS) is 9.64. The van der Waals surface area contributed by atoms with E-state index >= 15 is 0 Å². The van der Waals surface area contributed by atoms with Crippen molar-refractivity contribution in [3.63, 3.8) is 0 Å². The van der Waals surface area contributed by atoms with Gasteiger partial charge in [0.2, 0.25) is 0 Å². The molecule has 0 aliphatic rings. The largest absolute Gasteiger partial charge is 0.497 e. The molecule has 0 radical (unpaired) electrons. The van der Waals surface area contributed by atoms with Crippen LogP contribution in [0.15, 0.2) is 21.8 Å². The predicted octanol–water partition coefficient (Wildman–Crippen LogP) is 3.29. The average Bonchev–Trinajstić information content (AvgIpc) is 2.20. The Bertz CT molecular complexity index is 342. The minimum Gasteiger partial charge on any atom is -0.497 e. The molecule has 0 aromatic heterocycles. The highest BCUT2D eigenvalue weighted by Crippen LogP contribution is 2.36. The van der Waals surface area contributed by atoms with Crippen LogP contribution < -0.4 is 10.1 Å². The first-order chi connectivity index (χ1) is 6.72. The van der Waals surface area contributed by atoms with Crippen molar-refractivity contribution in [1.82, 2.24) is 0 Å². The lowest BCUT2D eigenvalue weighted by Gasteiger charge is -2.09. The Morgan fingerprint density at radius 2 is 2.29 bits per heavy atom. The fourth-order valence-electron chi connectivity index (χ4n) is 1.11. The first-order valence-electron chi connectivity index (χ1n) is 4.17. The summed E-state index contributed by atoms with van der Waals surface area (Å²) in [6, 6.07) is 3.38. The topological polar surface area (TPSA) is 50.7 Å². The number of benzene rings is 1. The second kappa shape index (κ2) is 4.95. The van der Waals surface area contributed by atoms with Crippen molar-refractivity contribution in [2.45, 2.75) is 6.92 Å². The van der Waals surface area contributed by atoms with Crippen LogP contribution in [0.3, 0.4) is 0 Å². The Kier molecular flexibility index (Phi) is 3.88. The van der Waals surface area contributed by atoms with E-state index in [1.54, 1.807) is 19.2 Å². The fourth-order valence-corrected chi connectivity index (χ4v) is 1.68. The Balaban J connectivity index is 3.19. The maximum atomic E-state index is 10.6. The van der Waals surface area contributed by atoms with Crippen molar-refractivity contribution < 1.29 is 4.74 Å². The molecule has 1 aromatic rings. The van der Waals surface area contributed by atoms with Crippen molar-refractivity contribution in [3.8, 4) is 5.75 Å². The molecule has 0 aliphatic heterocycles. The van der Waals surface area contributed by atoms with E-state index in [0.717, 1.165) is 11.0 Å². The van der Waals surface area contributed by atoms with Gasteiger partial charge in [-0.1, -0.05) is 0 Å². The molecular formula is C9H11BrN2O2. The minimum atomic E-state index is 0.345. The Morgan fingerprint density at radius 1 is 1.57 bits per heavy atom. The van der Waals surface area contributed by atoms with Crippen LogP contribution in [0, 0.1) is 4.91 Å². The van der Waals surface area contributed by atoms with Crippen LogP contribution in [0.2, 0.25) is 0 Å². The van der Waals surface area contributed by atoms with Crippen molar-refractivity contribution in [3.05, 3.63) is 21.5 Å². The number of ether oxygens (including phenoxy) is 1. The molecule has 0 saturated carbocycles. The summed E-state index contributed by atoms with van der Waals surface area (Å²) in [5, 5.41) is 5.99. The van der Waals surface area contributed by atoms with Gasteiger partial charge in [-0.2, -0.15) is 0 Å². The molecule has 0 unspecified atom stereocenters. The minimum absolute atomic E-state index is 0.345. The molecule has 0 fully saturated rings. The lowest BCUT2D eigenvalue weighted by molar-refractivity contribution is 0.414. The van der Waals surface area contributed by atoms with Gasteiger partial charge in [-0.3, -0.25) is 0 Å². The van der Waals surface area contributed by atoms with Gasteiger partial charge in [0.15, 0.2) is 0 Å². The Hall–Kier alpha value is -1.10. The maximum Gasteiger partial charge on any atom is 0.135 e. The van der Waals surface area contributed by atoms with Crippen molar-refractivity contribution >= 4 is 27.3 Å². The maximum absolute atomic E-state index is 10.6. The van der Waals surface area contributed by atoms with Gasteiger partial charge in [0.05, 0.1) is 12.8 Å². The van der Waals surface area contributed by atoms with Crippen molar-refractivity contribution in [1.29, 1.82) is 0 Å². The number of nitrogens with one attached hydrogen (secondary N) is 1. The number of halogens is 1. The molecule has 1 N–H and O–H groups in total. The predicted molar refractivity (Wildman–Crippen MR) is 60.3 cm³/mol. The lowest BCUT2D eigenvalue weighted by atomic mass is 10.2. The Labute approximate surface area is 90.8 Å². The highest BCUT2D eigenvalue weighted by Gasteiger charge is 2.09. The number of nitrogens with zero attached hydrogens (tertiary/aromatic N) is 1. The van der Waals surface area contributed by atoms with Crippen LogP contribution in [-0.4, -0.2) is 13.7 Å². The standard InChI is InChI=1S/C9H11BrN2O2/c1-3-11-9-7(10)4-6(14-2)5-8(9)12-13/h4-5,11H,3H2,1-2H3. The summed E-state index contributed by atoms with van der Waals surface area (Å²) < 4.78 is 5.79. The third-order valence-corrected chi connectivity index (χ3v) is 2.36. The van der Waals surface area contributed by atoms with E-state index in [9.17, 15) is 4.91 Å². The van der Waals surface area contributed by atoms with Gasteiger partial charge >= 0.3 is 0 Å². The molecule has 0 amide bonds. The van der Waals surface area contributed by atoms with Crippen LogP contribution in [-0.2, 0) is 0 Å².